The topological polar surface area (TPSA) is 0 Å². The molecule has 0 atom stereocenters. The predicted octanol–water partition coefficient (Wildman–Crippen LogP) is 3.35. The molecular formula is C8H4F4S. The third kappa shape index (κ3) is 2.48. The fraction of sp³-hybridized carbons (Fsp3) is 0.125. The summed E-state index contributed by atoms with van der Waals surface area (Å²) in [6.45, 7) is 0. The van der Waals surface area contributed by atoms with Crippen LogP contribution in [0.4, 0.5) is 17.6 Å². The van der Waals surface area contributed by atoms with Gasteiger partial charge in [-0.3, -0.25) is 0 Å². The van der Waals surface area contributed by atoms with Crippen molar-refractivity contribution < 1.29 is 17.6 Å². The van der Waals surface area contributed by atoms with E-state index in [4.69, 9.17) is 0 Å². The van der Waals surface area contributed by atoms with Crippen LogP contribution in [-0.4, -0.2) is 5.12 Å². The minimum atomic E-state index is -4.39. The molecule has 1 rings (SSSR count). The molecule has 0 N–H and O–H groups in total. The molecule has 0 nitrogen and oxygen atoms in total. The van der Waals surface area contributed by atoms with E-state index >= 15 is 0 Å². The van der Waals surface area contributed by atoms with E-state index in [0.29, 0.717) is 0 Å². The minimum absolute atomic E-state index is 0.0111. The van der Waals surface area contributed by atoms with Gasteiger partial charge in [-0.1, -0.05) is 12.1 Å². The van der Waals surface area contributed by atoms with Crippen LogP contribution in [0.1, 0.15) is 11.1 Å². The van der Waals surface area contributed by atoms with E-state index in [-0.39, 0.29) is 5.56 Å². The van der Waals surface area contributed by atoms with Gasteiger partial charge in [-0.2, -0.15) is 17.6 Å². The number of hydrogen-bond donors (Lipinski definition) is 0. The Morgan fingerprint density at radius 1 is 1.08 bits per heavy atom. The molecule has 1 aromatic rings. The van der Waals surface area contributed by atoms with Crippen LogP contribution in [0.25, 0.3) is 0 Å². The Morgan fingerprint density at radius 3 is 1.85 bits per heavy atom. The molecule has 0 unspecified atom stereocenters. The van der Waals surface area contributed by atoms with Crippen LogP contribution < -0.4 is 0 Å². The number of alkyl halides is 3. The molecule has 0 aromatic heterocycles. The maximum absolute atomic E-state index is 12.3. The lowest BCUT2D eigenvalue weighted by Gasteiger charge is -2.05. The molecule has 0 aliphatic heterocycles. The lowest BCUT2D eigenvalue weighted by molar-refractivity contribution is -0.137. The molecule has 0 fully saturated rings. The van der Waals surface area contributed by atoms with Crippen molar-refractivity contribution in [3.05, 3.63) is 35.4 Å². The molecule has 0 radical (unpaired) electrons. The second-order valence-electron chi connectivity index (χ2n) is 2.35. The van der Waals surface area contributed by atoms with Gasteiger partial charge in [0, 0.05) is 5.56 Å². The van der Waals surface area contributed by atoms with Crippen LogP contribution in [0.5, 0.6) is 0 Å². The SMILES string of the molecule is FC(=S)c1ccc(C(F)(F)F)cc1. The first-order valence-corrected chi connectivity index (χ1v) is 3.69. The summed E-state index contributed by atoms with van der Waals surface area (Å²) in [4.78, 5) is 0. The van der Waals surface area contributed by atoms with Crippen molar-refractivity contribution in [1.82, 2.24) is 0 Å². The first-order valence-electron chi connectivity index (χ1n) is 3.28. The smallest absolute Gasteiger partial charge is 0.194 e. The zero-order valence-corrected chi connectivity index (χ0v) is 7.05. The molecule has 0 aliphatic carbocycles. The van der Waals surface area contributed by atoms with Crippen molar-refractivity contribution in [1.29, 1.82) is 0 Å². The maximum Gasteiger partial charge on any atom is 0.416 e. The van der Waals surface area contributed by atoms with Gasteiger partial charge in [0.25, 0.3) is 0 Å². The molecule has 0 saturated heterocycles. The molecule has 0 bridgehead atoms. The van der Waals surface area contributed by atoms with Gasteiger partial charge in [-0.05, 0) is 24.4 Å². The summed E-state index contributed by atoms with van der Waals surface area (Å²) in [6.07, 6.45) is -4.39. The zero-order chi connectivity index (χ0) is 10.1. The summed E-state index contributed by atoms with van der Waals surface area (Å²) < 4.78 is 48.3. The lowest BCUT2D eigenvalue weighted by atomic mass is 10.1. The summed E-state index contributed by atoms with van der Waals surface area (Å²) in [6, 6.07) is 3.60. The third-order valence-corrected chi connectivity index (χ3v) is 1.67. The van der Waals surface area contributed by atoms with Gasteiger partial charge < -0.3 is 0 Å². The lowest BCUT2D eigenvalue weighted by Crippen LogP contribution is -2.04. The number of rotatable bonds is 1. The molecule has 13 heavy (non-hydrogen) atoms. The first kappa shape index (κ1) is 10.1. The number of thiocarbonyl (C=S) groups is 1. The van der Waals surface area contributed by atoms with Crippen molar-refractivity contribution >= 4 is 17.3 Å². The largest absolute Gasteiger partial charge is 0.416 e. The van der Waals surface area contributed by atoms with E-state index in [1.165, 1.54) is 0 Å². The van der Waals surface area contributed by atoms with Gasteiger partial charge in [-0.15, -0.1) is 0 Å². The third-order valence-electron chi connectivity index (χ3n) is 1.44. The molecule has 5 heteroatoms. The van der Waals surface area contributed by atoms with Crippen LogP contribution in [0.15, 0.2) is 24.3 Å². The van der Waals surface area contributed by atoms with Gasteiger partial charge >= 0.3 is 6.18 Å². The molecule has 1 aromatic carbocycles. The Kier molecular flexibility index (Phi) is 2.66. The number of hydrogen-bond acceptors (Lipinski definition) is 1. The van der Waals surface area contributed by atoms with Gasteiger partial charge in [0.2, 0.25) is 0 Å². The van der Waals surface area contributed by atoms with Crippen molar-refractivity contribution in [3.63, 3.8) is 0 Å². The number of benzene rings is 1. The zero-order valence-electron chi connectivity index (χ0n) is 6.23. The summed E-state index contributed by atoms with van der Waals surface area (Å²) in [5.41, 5.74) is -0.824. The molecular weight excluding hydrogens is 204 g/mol. The molecule has 0 spiro atoms. The molecule has 0 aliphatic rings. The highest BCUT2D eigenvalue weighted by molar-refractivity contribution is 7.80. The Labute approximate surface area is 77.2 Å². The highest BCUT2D eigenvalue weighted by Crippen LogP contribution is 2.29. The fourth-order valence-electron chi connectivity index (χ4n) is 0.790. The standard InChI is InChI=1S/C8H4F4S/c9-7(13)5-1-3-6(4-2-5)8(10,11)12/h1-4H. The Morgan fingerprint density at radius 2 is 1.54 bits per heavy atom. The summed E-state index contributed by atoms with van der Waals surface area (Å²) in [5, 5.41) is -0.909. The van der Waals surface area contributed by atoms with Crippen LogP contribution in [0.2, 0.25) is 0 Å². The molecule has 0 amide bonds. The first-order chi connectivity index (χ1) is 5.91. The van der Waals surface area contributed by atoms with Gasteiger partial charge in [0.1, 0.15) is 0 Å². The number of halogens is 4. The van der Waals surface area contributed by atoms with Crippen molar-refractivity contribution in [2.75, 3.05) is 0 Å². The second-order valence-corrected chi connectivity index (χ2v) is 2.71. The summed E-state index contributed by atoms with van der Waals surface area (Å²) in [5.74, 6) is 0. The van der Waals surface area contributed by atoms with Crippen molar-refractivity contribution in [2.24, 2.45) is 0 Å². The fourth-order valence-corrected chi connectivity index (χ4v) is 0.926. The Bertz CT molecular complexity index is 312. The average Bonchev–Trinajstić information content (AvgIpc) is 2.03. The molecule has 0 saturated carbocycles. The van der Waals surface area contributed by atoms with Gasteiger partial charge in [0.05, 0.1) is 5.56 Å². The second kappa shape index (κ2) is 3.41. The quantitative estimate of drug-likeness (QED) is 0.387. The molecule has 70 valence electrons. The van der Waals surface area contributed by atoms with E-state index < -0.39 is 16.9 Å². The predicted molar refractivity (Wildman–Crippen MR) is 44.3 cm³/mol. The summed E-state index contributed by atoms with van der Waals surface area (Å²) in [7, 11) is 0. The van der Waals surface area contributed by atoms with Crippen molar-refractivity contribution in [3.8, 4) is 0 Å². The van der Waals surface area contributed by atoms with E-state index in [1.54, 1.807) is 0 Å². The Balaban J connectivity index is 3.01. The van der Waals surface area contributed by atoms with Gasteiger partial charge in [-0.25, -0.2) is 0 Å². The molecule has 0 heterocycles. The van der Waals surface area contributed by atoms with E-state index in [9.17, 15) is 17.6 Å². The average molecular weight is 208 g/mol. The normalized spacial score (nSPS) is 11.4. The van der Waals surface area contributed by atoms with Crippen LogP contribution >= 0.6 is 12.2 Å². The van der Waals surface area contributed by atoms with E-state index in [1.807, 2.05) is 0 Å². The van der Waals surface area contributed by atoms with E-state index in [0.717, 1.165) is 24.3 Å². The van der Waals surface area contributed by atoms with Crippen LogP contribution in [0.3, 0.4) is 0 Å². The van der Waals surface area contributed by atoms with Gasteiger partial charge in [0.15, 0.2) is 5.12 Å². The van der Waals surface area contributed by atoms with Crippen LogP contribution in [-0.2, 0) is 6.18 Å². The summed E-state index contributed by atoms with van der Waals surface area (Å²) >= 11 is 4.15. The van der Waals surface area contributed by atoms with E-state index in [2.05, 4.69) is 12.2 Å². The van der Waals surface area contributed by atoms with Crippen molar-refractivity contribution in [2.45, 2.75) is 6.18 Å². The highest BCUT2D eigenvalue weighted by Gasteiger charge is 2.29. The Hall–Kier alpha value is -0.970. The monoisotopic (exact) mass is 208 g/mol. The maximum atomic E-state index is 12.3. The highest BCUT2D eigenvalue weighted by atomic mass is 32.1. The van der Waals surface area contributed by atoms with Crippen LogP contribution in [0, 0.1) is 0 Å². The minimum Gasteiger partial charge on any atom is -0.194 e.